The summed E-state index contributed by atoms with van der Waals surface area (Å²) >= 11 is 11.6. The van der Waals surface area contributed by atoms with Gasteiger partial charge in [0, 0.05) is 12.2 Å². The highest BCUT2D eigenvalue weighted by atomic mass is 35.5. The molecule has 1 saturated heterocycles. The summed E-state index contributed by atoms with van der Waals surface area (Å²) in [5, 5.41) is 0.148. The lowest BCUT2D eigenvalue weighted by molar-refractivity contribution is -0.0110. The zero-order valence-corrected chi connectivity index (χ0v) is 13.3. The average Bonchev–Trinajstić information content (AvgIpc) is 2.53. The molecular weight excluding hydrogens is 325 g/mol. The average molecular weight is 340 g/mol. The van der Waals surface area contributed by atoms with Crippen molar-refractivity contribution >= 4 is 23.2 Å². The van der Waals surface area contributed by atoms with Gasteiger partial charge in [-0.05, 0) is 66.7 Å². The summed E-state index contributed by atoms with van der Waals surface area (Å²) < 4.78 is 11.4. The fraction of sp³-hybridized carbons (Fsp3) is 0.400. The topological polar surface area (TPSA) is 57.1 Å². The first-order valence-electron chi connectivity index (χ1n) is 7.12. The third-order valence-corrected chi connectivity index (χ3v) is 3.74. The molecule has 1 aliphatic rings. The summed E-state index contributed by atoms with van der Waals surface area (Å²) in [6.45, 7) is 1.40. The van der Waals surface area contributed by atoms with Gasteiger partial charge in [-0.15, -0.1) is 0 Å². The summed E-state index contributed by atoms with van der Waals surface area (Å²) in [6.07, 6.45) is 3.59. The van der Waals surface area contributed by atoms with Crippen molar-refractivity contribution in [1.82, 2.24) is 15.0 Å². The minimum Gasteiger partial charge on any atom is -0.491 e. The molecule has 2 aromatic rings. The first kappa shape index (κ1) is 15.5. The molecule has 1 fully saturated rings. The van der Waals surface area contributed by atoms with E-state index in [9.17, 15) is 0 Å². The van der Waals surface area contributed by atoms with Crippen LogP contribution < -0.4 is 4.74 Å². The van der Waals surface area contributed by atoms with E-state index in [1.165, 1.54) is 6.42 Å². The molecular formula is C15H15Cl2N3O2. The minimum atomic E-state index is 0.0739. The SMILES string of the molecule is Clc1nc(Cl)nc(-c2ccc(OCC3CCCCO3)cc2)n1. The van der Waals surface area contributed by atoms with E-state index in [1.54, 1.807) is 0 Å². The Balaban J connectivity index is 1.64. The van der Waals surface area contributed by atoms with E-state index in [1.807, 2.05) is 24.3 Å². The maximum Gasteiger partial charge on any atom is 0.227 e. The van der Waals surface area contributed by atoms with Crippen LogP contribution in [0.5, 0.6) is 5.75 Å². The Hall–Kier alpha value is -1.43. The van der Waals surface area contributed by atoms with E-state index in [0.717, 1.165) is 30.8 Å². The zero-order chi connectivity index (χ0) is 15.4. The Kier molecular flexibility index (Phi) is 5.08. The van der Waals surface area contributed by atoms with Gasteiger partial charge >= 0.3 is 0 Å². The highest BCUT2D eigenvalue weighted by Gasteiger charge is 2.14. The molecule has 7 heteroatoms. The molecule has 116 valence electrons. The molecule has 1 atom stereocenters. The van der Waals surface area contributed by atoms with Gasteiger partial charge in [0.1, 0.15) is 12.4 Å². The molecule has 0 amide bonds. The second-order valence-electron chi connectivity index (χ2n) is 5.02. The third kappa shape index (κ3) is 4.06. The van der Waals surface area contributed by atoms with Crippen LogP contribution in [0.3, 0.4) is 0 Å². The summed E-state index contributed by atoms with van der Waals surface area (Å²) in [6, 6.07) is 7.45. The van der Waals surface area contributed by atoms with Gasteiger partial charge in [-0.3, -0.25) is 0 Å². The summed E-state index contributed by atoms with van der Waals surface area (Å²) in [4.78, 5) is 11.8. The molecule has 1 aliphatic heterocycles. The number of halogens is 2. The molecule has 0 N–H and O–H groups in total. The van der Waals surface area contributed by atoms with Gasteiger partial charge in [0.25, 0.3) is 0 Å². The number of hydrogen-bond acceptors (Lipinski definition) is 5. The van der Waals surface area contributed by atoms with Crippen molar-refractivity contribution < 1.29 is 9.47 Å². The predicted molar refractivity (Wildman–Crippen MR) is 84.4 cm³/mol. The first-order chi connectivity index (χ1) is 10.7. The van der Waals surface area contributed by atoms with Gasteiger partial charge < -0.3 is 9.47 Å². The van der Waals surface area contributed by atoms with Gasteiger partial charge in [-0.25, -0.2) is 0 Å². The number of benzene rings is 1. The molecule has 1 aromatic heterocycles. The molecule has 5 nitrogen and oxygen atoms in total. The lowest BCUT2D eigenvalue weighted by Gasteiger charge is -2.22. The van der Waals surface area contributed by atoms with Crippen LogP contribution in [0.4, 0.5) is 0 Å². The van der Waals surface area contributed by atoms with Crippen LogP contribution >= 0.6 is 23.2 Å². The van der Waals surface area contributed by atoms with E-state index in [4.69, 9.17) is 32.7 Å². The highest BCUT2D eigenvalue weighted by molar-refractivity contribution is 6.31. The van der Waals surface area contributed by atoms with Crippen molar-refractivity contribution in [3.05, 3.63) is 34.8 Å². The second kappa shape index (κ2) is 7.22. The standard InChI is InChI=1S/C15H15Cl2N3O2/c16-14-18-13(19-15(17)20-14)10-4-6-11(7-5-10)22-9-12-3-1-2-8-21-12/h4-7,12H,1-3,8-9H2. The van der Waals surface area contributed by atoms with Gasteiger partial charge in [0.2, 0.25) is 10.6 Å². The minimum absolute atomic E-state index is 0.0739. The van der Waals surface area contributed by atoms with Crippen molar-refractivity contribution in [2.45, 2.75) is 25.4 Å². The Bertz CT molecular complexity index is 611. The van der Waals surface area contributed by atoms with Crippen LogP contribution in [-0.2, 0) is 4.74 Å². The van der Waals surface area contributed by atoms with E-state index < -0.39 is 0 Å². The fourth-order valence-electron chi connectivity index (χ4n) is 2.28. The largest absolute Gasteiger partial charge is 0.491 e. The molecule has 22 heavy (non-hydrogen) atoms. The summed E-state index contributed by atoms with van der Waals surface area (Å²) in [7, 11) is 0. The van der Waals surface area contributed by atoms with E-state index in [-0.39, 0.29) is 16.7 Å². The molecule has 1 aromatic carbocycles. The maximum absolute atomic E-state index is 5.78. The number of hydrogen-bond donors (Lipinski definition) is 0. The van der Waals surface area contributed by atoms with Gasteiger partial charge in [0.05, 0.1) is 6.10 Å². The van der Waals surface area contributed by atoms with Gasteiger partial charge in [-0.1, -0.05) is 0 Å². The van der Waals surface area contributed by atoms with Crippen molar-refractivity contribution in [2.24, 2.45) is 0 Å². The molecule has 0 aliphatic carbocycles. The number of aromatic nitrogens is 3. The Morgan fingerprint density at radius 3 is 2.41 bits per heavy atom. The fourth-order valence-corrected chi connectivity index (χ4v) is 2.65. The van der Waals surface area contributed by atoms with Crippen molar-refractivity contribution in [3.8, 4) is 17.1 Å². The van der Waals surface area contributed by atoms with Crippen LogP contribution in [0.15, 0.2) is 24.3 Å². The van der Waals surface area contributed by atoms with E-state index >= 15 is 0 Å². The Labute approximate surface area is 138 Å². The van der Waals surface area contributed by atoms with E-state index in [0.29, 0.717) is 12.4 Å². The number of rotatable bonds is 4. The predicted octanol–water partition coefficient (Wildman–Crippen LogP) is 3.79. The molecule has 1 unspecified atom stereocenters. The third-order valence-electron chi connectivity index (χ3n) is 3.40. The Morgan fingerprint density at radius 1 is 1.05 bits per heavy atom. The van der Waals surface area contributed by atoms with Crippen molar-refractivity contribution in [2.75, 3.05) is 13.2 Å². The first-order valence-corrected chi connectivity index (χ1v) is 7.88. The zero-order valence-electron chi connectivity index (χ0n) is 11.8. The number of ether oxygens (including phenoxy) is 2. The second-order valence-corrected chi connectivity index (χ2v) is 5.70. The Morgan fingerprint density at radius 2 is 1.77 bits per heavy atom. The molecule has 0 radical (unpaired) electrons. The summed E-state index contributed by atoms with van der Waals surface area (Å²) in [5.41, 5.74) is 0.799. The van der Waals surface area contributed by atoms with Crippen molar-refractivity contribution in [1.29, 1.82) is 0 Å². The van der Waals surface area contributed by atoms with Crippen LogP contribution in [0.1, 0.15) is 19.3 Å². The molecule has 3 rings (SSSR count). The van der Waals surface area contributed by atoms with Crippen LogP contribution in [0.25, 0.3) is 11.4 Å². The smallest absolute Gasteiger partial charge is 0.227 e. The lowest BCUT2D eigenvalue weighted by atomic mass is 10.1. The normalized spacial score (nSPS) is 18.2. The highest BCUT2D eigenvalue weighted by Crippen LogP contribution is 2.22. The van der Waals surface area contributed by atoms with Crippen molar-refractivity contribution in [3.63, 3.8) is 0 Å². The number of nitrogens with zero attached hydrogens (tertiary/aromatic N) is 3. The quantitative estimate of drug-likeness (QED) is 0.847. The van der Waals surface area contributed by atoms with Gasteiger partial charge in [-0.2, -0.15) is 15.0 Å². The van der Waals surface area contributed by atoms with E-state index in [2.05, 4.69) is 15.0 Å². The monoisotopic (exact) mass is 339 g/mol. The molecule has 0 bridgehead atoms. The van der Waals surface area contributed by atoms with Crippen LogP contribution in [-0.4, -0.2) is 34.3 Å². The molecule has 0 saturated carbocycles. The van der Waals surface area contributed by atoms with Crippen LogP contribution in [0, 0.1) is 0 Å². The maximum atomic E-state index is 5.78. The van der Waals surface area contributed by atoms with Crippen LogP contribution in [0.2, 0.25) is 10.6 Å². The lowest BCUT2D eigenvalue weighted by Crippen LogP contribution is -2.25. The van der Waals surface area contributed by atoms with Gasteiger partial charge in [0.15, 0.2) is 5.82 Å². The molecule has 2 heterocycles. The molecule has 0 spiro atoms. The summed E-state index contributed by atoms with van der Waals surface area (Å²) in [5.74, 6) is 1.22.